The van der Waals surface area contributed by atoms with E-state index in [2.05, 4.69) is 9.88 Å². The summed E-state index contributed by atoms with van der Waals surface area (Å²) >= 11 is 1.58. The Labute approximate surface area is 169 Å². The summed E-state index contributed by atoms with van der Waals surface area (Å²) in [6.45, 7) is 5.19. The van der Waals surface area contributed by atoms with Gasteiger partial charge in [-0.3, -0.25) is 9.47 Å². The van der Waals surface area contributed by atoms with E-state index in [4.69, 9.17) is 9.72 Å². The van der Waals surface area contributed by atoms with Gasteiger partial charge in [-0.2, -0.15) is 0 Å². The van der Waals surface area contributed by atoms with E-state index in [1.165, 1.54) is 6.20 Å². The Morgan fingerprint density at radius 2 is 2.07 bits per heavy atom. The van der Waals surface area contributed by atoms with Gasteiger partial charge in [-0.05, 0) is 11.8 Å². The van der Waals surface area contributed by atoms with Gasteiger partial charge in [-0.25, -0.2) is 13.8 Å². The number of thiazole rings is 1. The third kappa shape index (κ3) is 3.44. The van der Waals surface area contributed by atoms with Crippen LogP contribution >= 0.6 is 11.3 Å². The molecule has 2 aromatic rings. The number of nitrogens with zero attached hydrogens (tertiary/aromatic N) is 6. The average Bonchev–Trinajstić information content (AvgIpc) is 3.32. The maximum Gasteiger partial charge on any atom is 0.415 e. The molecule has 0 bridgehead atoms. The first-order valence-corrected chi connectivity index (χ1v) is 10.3. The molecule has 5 rings (SSSR count). The van der Waals surface area contributed by atoms with Crippen molar-refractivity contribution in [2.45, 2.75) is 50.9 Å². The molecule has 5 heterocycles. The molecule has 0 radical (unpaired) electrons. The molecule has 0 aromatic carbocycles. The van der Waals surface area contributed by atoms with Gasteiger partial charge in [0.15, 0.2) is 5.13 Å². The molecular weight excluding hydrogens is 406 g/mol. The Hall–Kier alpha value is -2.34. The van der Waals surface area contributed by atoms with Crippen LogP contribution in [0.1, 0.15) is 30.3 Å². The molecule has 0 amide bonds. The predicted octanol–water partition coefficient (Wildman–Crippen LogP) is 2.65. The Morgan fingerprint density at radius 3 is 2.72 bits per heavy atom. The molecule has 0 unspecified atom stereocenters. The Bertz CT molecular complexity index is 920. The van der Waals surface area contributed by atoms with Crippen molar-refractivity contribution in [3.8, 4) is 6.01 Å². The normalized spacial score (nSPS) is 25.7. The molecule has 1 fully saturated rings. The number of imidazole rings is 1. The second-order valence-electron chi connectivity index (χ2n) is 8.17. The van der Waals surface area contributed by atoms with E-state index in [0.29, 0.717) is 32.7 Å². The molecular formula is C17H20F2N6O3S. The minimum Gasteiger partial charge on any atom is -0.436 e. The van der Waals surface area contributed by atoms with Gasteiger partial charge < -0.3 is 19.8 Å². The van der Waals surface area contributed by atoms with Crippen LogP contribution in [-0.4, -0.2) is 55.5 Å². The number of rotatable bonds is 4. The minimum atomic E-state index is -2.56. The molecule has 12 heteroatoms. The highest BCUT2D eigenvalue weighted by atomic mass is 32.1. The number of anilines is 1. The fraction of sp³-hybridized carbons (Fsp3) is 0.647. The summed E-state index contributed by atoms with van der Waals surface area (Å²) in [4.78, 5) is 24.3. The van der Waals surface area contributed by atoms with E-state index in [9.17, 15) is 18.9 Å². The third-order valence-corrected chi connectivity index (χ3v) is 6.73. The van der Waals surface area contributed by atoms with Gasteiger partial charge in [0.1, 0.15) is 11.8 Å². The summed E-state index contributed by atoms with van der Waals surface area (Å²) in [5.74, 6) is -2.77. The first-order chi connectivity index (χ1) is 13.7. The van der Waals surface area contributed by atoms with E-state index < -0.39 is 16.4 Å². The van der Waals surface area contributed by atoms with Gasteiger partial charge >= 0.3 is 11.8 Å². The number of alkyl halides is 2. The summed E-state index contributed by atoms with van der Waals surface area (Å²) in [5, 5.41) is 11.7. The van der Waals surface area contributed by atoms with Crippen LogP contribution in [0.5, 0.6) is 6.01 Å². The van der Waals surface area contributed by atoms with Crippen LogP contribution in [-0.2, 0) is 19.6 Å². The zero-order valence-corrected chi connectivity index (χ0v) is 16.6. The molecule has 1 saturated heterocycles. The van der Waals surface area contributed by atoms with E-state index in [1.54, 1.807) is 15.9 Å². The van der Waals surface area contributed by atoms with Crippen molar-refractivity contribution in [1.82, 2.24) is 19.4 Å². The van der Waals surface area contributed by atoms with Crippen molar-refractivity contribution in [2.75, 3.05) is 24.5 Å². The second-order valence-corrected chi connectivity index (χ2v) is 9.24. The lowest BCUT2D eigenvalue weighted by Crippen LogP contribution is -2.43. The number of halogens is 2. The molecule has 0 N–H and O–H groups in total. The molecule has 1 atom stereocenters. The van der Waals surface area contributed by atoms with E-state index in [1.807, 2.05) is 11.8 Å². The highest BCUT2D eigenvalue weighted by molar-refractivity contribution is 7.15. The molecule has 0 aliphatic carbocycles. The Kier molecular flexibility index (Phi) is 4.07. The maximum absolute atomic E-state index is 13.4. The van der Waals surface area contributed by atoms with Crippen molar-refractivity contribution in [1.29, 1.82) is 0 Å². The Morgan fingerprint density at radius 1 is 1.31 bits per heavy atom. The first-order valence-electron chi connectivity index (χ1n) is 9.44. The molecule has 2 aromatic heterocycles. The third-order valence-electron chi connectivity index (χ3n) is 5.59. The number of fused-ring (bicyclic) bond motifs is 2. The van der Waals surface area contributed by atoms with Gasteiger partial charge in [-0.15, -0.1) is 11.3 Å². The second kappa shape index (κ2) is 6.33. The van der Waals surface area contributed by atoms with Crippen LogP contribution < -0.4 is 9.64 Å². The minimum absolute atomic E-state index is 0.119. The fourth-order valence-electron chi connectivity index (χ4n) is 4.20. The topological polar surface area (TPSA) is 89.6 Å². The molecule has 9 nitrogen and oxygen atoms in total. The lowest BCUT2D eigenvalue weighted by Gasteiger charge is -2.31. The van der Waals surface area contributed by atoms with Gasteiger partial charge in [0.2, 0.25) is 0 Å². The van der Waals surface area contributed by atoms with Crippen LogP contribution in [0.2, 0.25) is 0 Å². The smallest absolute Gasteiger partial charge is 0.415 e. The number of ether oxygens (including phenoxy) is 1. The molecule has 3 aliphatic heterocycles. The number of hydrogen-bond donors (Lipinski definition) is 0. The quantitative estimate of drug-likeness (QED) is 0.548. The number of hydrogen-bond acceptors (Lipinski definition) is 8. The zero-order chi connectivity index (χ0) is 20.4. The SMILES string of the molecule is C[C@]1(CN2Cc3nc(N4CCC(F)(F)CC4)sc3C2)Cn2cc([N+](=O)[O-])nc2O1. The van der Waals surface area contributed by atoms with Crippen LogP contribution in [0.3, 0.4) is 0 Å². The molecule has 156 valence electrons. The van der Waals surface area contributed by atoms with Gasteiger partial charge in [-0.1, -0.05) is 0 Å². The van der Waals surface area contributed by atoms with Gasteiger partial charge in [0.05, 0.1) is 12.2 Å². The summed E-state index contributed by atoms with van der Waals surface area (Å²) in [6, 6.07) is 0.274. The summed E-state index contributed by atoms with van der Waals surface area (Å²) < 4.78 is 34.3. The summed E-state index contributed by atoms with van der Waals surface area (Å²) in [7, 11) is 0. The average molecular weight is 426 g/mol. The van der Waals surface area contributed by atoms with Crippen LogP contribution in [0, 0.1) is 10.1 Å². The lowest BCUT2D eigenvalue weighted by atomic mass is 10.1. The number of piperidine rings is 1. The monoisotopic (exact) mass is 426 g/mol. The number of aromatic nitrogens is 3. The van der Waals surface area contributed by atoms with Crippen LogP contribution in [0.4, 0.5) is 19.7 Å². The van der Waals surface area contributed by atoms with Crippen molar-refractivity contribution < 1.29 is 18.4 Å². The molecule has 3 aliphatic rings. The van der Waals surface area contributed by atoms with E-state index >= 15 is 0 Å². The van der Waals surface area contributed by atoms with Crippen molar-refractivity contribution in [3.63, 3.8) is 0 Å². The molecule has 0 saturated carbocycles. The van der Waals surface area contributed by atoms with E-state index in [-0.39, 0.29) is 24.7 Å². The lowest BCUT2D eigenvalue weighted by molar-refractivity contribution is -0.389. The summed E-state index contributed by atoms with van der Waals surface area (Å²) in [5.41, 5.74) is 0.477. The van der Waals surface area contributed by atoms with Crippen LogP contribution in [0.25, 0.3) is 0 Å². The largest absolute Gasteiger partial charge is 0.436 e. The fourth-order valence-corrected chi connectivity index (χ4v) is 5.36. The van der Waals surface area contributed by atoms with Crippen LogP contribution in [0.15, 0.2) is 6.20 Å². The molecule has 29 heavy (non-hydrogen) atoms. The van der Waals surface area contributed by atoms with Gasteiger partial charge in [0.25, 0.3) is 5.92 Å². The van der Waals surface area contributed by atoms with Crippen molar-refractivity contribution >= 4 is 22.3 Å². The zero-order valence-electron chi connectivity index (χ0n) is 15.8. The van der Waals surface area contributed by atoms with Crippen molar-refractivity contribution in [3.05, 3.63) is 26.9 Å². The van der Waals surface area contributed by atoms with E-state index in [0.717, 1.165) is 22.2 Å². The number of nitro groups is 1. The standard InChI is InChI=1S/C17H20F2N6O3S/c1-16(10-24-8-13(25(26)27)21-14(24)28-16)9-22-6-11-12(7-22)29-15(20-11)23-4-2-17(18,19)3-5-23/h8H,2-7,9-10H2,1H3/t16-/m0/s1. The van der Waals surface area contributed by atoms with Gasteiger partial charge in [0, 0.05) is 55.4 Å². The molecule has 0 spiro atoms. The predicted molar refractivity (Wildman–Crippen MR) is 101 cm³/mol. The maximum atomic E-state index is 13.4. The first kappa shape index (κ1) is 18.7. The Balaban J connectivity index is 1.20. The highest BCUT2D eigenvalue weighted by Gasteiger charge is 2.43. The highest BCUT2D eigenvalue weighted by Crippen LogP contribution is 2.38. The van der Waals surface area contributed by atoms with Crippen molar-refractivity contribution in [2.24, 2.45) is 0 Å². The summed E-state index contributed by atoms with van der Waals surface area (Å²) in [6.07, 6.45) is 1.16.